The van der Waals surface area contributed by atoms with Gasteiger partial charge in [-0.15, -0.1) is 0 Å². The van der Waals surface area contributed by atoms with Gasteiger partial charge >= 0.3 is 5.97 Å². The molecule has 0 aliphatic carbocycles. The van der Waals surface area contributed by atoms with E-state index in [4.69, 9.17) is 5.11 Å². The smallest absolute Gasteiger partial charge is 0.322 e. The van der Waals surface area contributed by atoms with Crippen molar-refractivity contribution in [2.45, 2.75) is 12.8 Å². The normalized spacial score (nSPS) is 11.8. The van der Waals surface area contributed by atoms with Gasteiger partial charge in [0.05, 0.1) is 5.92 Å². The number of hydrogen-bond acceptors (Lipinski definition) is 2. The molecule has 1 atom stereocenters. The molecule has 15 heavy (non-hydrogen) atoms. The summed E-state index contributed by atoms with van der Waals surface area (Å²) in [5, 5.41) is 10.7. The molecule has 0 fully saturated rings. The van der Waals surface area contributed by atoms with Crippen LogP contribution in [0.2, 0.25) is 0 Å². The largest absolute Gasteiger partial charge is 0.480 e. The Kier molecular flexibility index (Phi) is 3.85. The van der Waals surface area contributed by atoms with Gasteiger partial charge in [0.1, 0.15) is 6.54 Å². The maximum atomic E-state index is 11.5. The van der Waals surface area contributed by atoms with E-state index in [2.05, 4.69) is 5.32 Å². The Morgan fingerprint density at radius 1 is 1.33 bits per heavy atom. The Hall–Kier alpha value is -1.84. The monoisotopic (exact) mass is 207 g/mol. The molecule has 80 valence electrons. The summed E-state index contributed by atoms with van der Waals surface area (Å²) in [5.74, 6) is -1.64. The predicted octanol–water partition coefficient (Wildman–Crippen LogP) is 0.991. The molecule has 0 aliphatic rings. The van der Waals surface area contributed by atoms with Crippen LogP contribution in [0.3, 0.4) is 0 Å². The maximum absolute atomic E-state index is 11.5. The molecule has 1 rings (SSSR count). The van der Waals surface area contributed by atoms with Crippen molar-refractivity contribution in [1.29, 1.82) is 0 Å². The fourth-order valence-electron chi connectivity index (χ4n) is 1.21. The number of carboxylic acids is 1. The second-order valence-electron chi connectivity index (χ2n) is 3.24. The van der Waals surface area contributed by atoms with Gasteiger partial charge in [-0.25, -0.2) is 0 Å². The summed E-state index contributed by atoms with van der Waals surface area (Å²) in [5.41, 5.74) is 0.875. The van der Waals surface area contributed by atoms with Crippen molar-refractivity contribution in [1.82, 2.24) is 5.32 Å². The van der Waals surface area contributed by atoms with Crippen molar-refractivity contribution in [3.05, 3.63) is 35.9 Å². The summed E-state index contributed by atoms with van der Waals surface area (Å²) in [6.07, 6.45) is 0. The molecule has 0 saturated heterocycles. The number of nitrogens with one attached hydrogen (secondary N) is 1. The first-order chi connectivity index (χ1) is 7.11. The van der Waals surface area contributed by atoms with Gasteiger partial charge < -0.3 is 10.4 Å². The van der Waals surface area contributed by atoms with Crippen molar-refractivity contribution in [3.8, 4) is 0 Å². The summed E-state index contributed by atoms with van der Waals surface area (Å²) in [6.45, 7) is 1.41. The summed E-state index contributed by atoms with van der Waals surface area (Å²) >= 11 is 0. The summed E-state index contributed by atoms with van der Waals surface area (Å²) in [4.78, 5) is 21.7. The average Bonchev–Trinajstić information content (AvgIpc) is 2.26. The summed E-state index contributed by atoms with van der Waals surface area (Å²) in [7, 11) is 0. The summed E-state index contributed by atoms with van der Waals surface area (Å²) in [6, 6.07) is 9.23. The highest BCUT2D eigenvalue weighted by molar-refractivity contribution is 5.86. The molecule has 0 aromatic heterocycles. The Balaban J connectivity index is 2.57. The molecule has 0 aliphatic heterocycles. The zero-order chi connectivity index (χ0) is 11.3. The quantitative estimate of drug-likeness (QED) is 0.773. The van der Waals surface area contributed by atoms with Crippen LogP contribution < -0.4 is 5.32 Å². The van der Waals surface area contributed by atoms with Gasteiger partial charge in [-0.3, -0.25) is 9.59 Å². The minimum absolute atomic E-state index is 0.274. The van der Waals surface area contributed by atoms with Crippen LogP contribution in [0.25, 0.3) is 0 Å². The number of hydrogen-bond donors (Lipinski definition) is 2. The van der Waals surface area contributed by atoms with E-state index in [1.807, 2.05) is 30.3 Å². The first-order valence-electron chi connectivity index (χ1n) is 4.65. The third-order valence-electron chi connectivity index (χ3n) is 2.11. The molecule has 1 aromatic carbocycles. The van der Waals surface area contributed by atoms with Crippen LogP contribution in [0.15, 0.2) is 30.3 Å². The second-order valence-corrected chi connectivity index (χ2v) is 3.24. The van der Waals surface area contributed by atoms with E-state index in [9.17, 15) is 9.59 Å². The SMILES string of the molecule is C[C@@H](C(=O)NCC(=O)O)c1ccccc1. The fraction of sp³-hybridized carbons (Fsp3) is 0.273. The topological polar surface area (TPSA) is 66.4 Å². The molecule has 1 amide bonds. The molecular weight excluding hydrogens is 194 g/mol. The number of benzene rings is 1. The number of carbonyl (C=O) groups is 2. The lowest BCUT2D eigenvalue weighted by molar-refractivity contribution is -0.138. The van der Waals surface area contributed by atoms with Crippen molar-refractivity contribution >= 4 is 11.9 Å². The molecule has 0 spiro atoms. The van der Waals surface area contributed by atoms with Gasteiger partial charge in [0, 0.05) is 0 Å². The van der Waals surface area contributed by atoms with Crippen molar-refractivity contribution in [2.75, 3.05) is 6.54 Å². The van der Waals surface area contributed by atoms with Gasteiger partial charge in [0.2, 0.25) is 5.91 Å². The van der Waals surface area contributed by atoms with Crippen molar-refractivity contribution in [2.24, 2.45) is 0 Å². The Morgan fingerprint density at radius 2 is 1.93 bits per heavy atom. The van der Waals surface area contributed by atoms with Crippen LogP contribution in [0.5, 0.6) is 0 Å². The zero-order valence-electron chi connectivity index (χ0n) is 8.43. The third-order valence-corrected chi connectivity index (χ3v) is 2.11. The van der Waals surface area contributed by atoms with Crippen LogP contribution in [0.4, 0.5) is 0 Å². The fourth-order valence-corrected chi connectivity index (χ4v) is 1.21. The van der Waals surface area contributed by atoms with Crippen LogP contribution in [-0.4, -0.2) is 23.5 Å². The number of carbonyl (C=O) groups excluding carboxylic acids is 1. The van der Waals surface area contributed by atoms with E-state index in [1.54, 1.807) is 6.92 Å². The van der Waals surface area contributed by atoms with Crippen LogP contribution >= 0.6 is 0 Å². The Bertz CT molecular complexity index is 348. The maximum Gasteiger partial charge on any atom is 0.322 e. The van der Waals surface area contributed by atoms with Gasteiger partial charge in [-0.2, -0.15) is 0 Å². The van der Waals surface area contributed by atoms with Crippen molar-refractivity contribution in [3.63, 3.8) is 0 Å². The molecule has 0 heterocycles. The predicted molar refractivity (Wildman–Crippen MR) is 55.5 cm³/mol. The number of rotatable bonds is 4. The van der Waals surface area contributed by atoms with E-state index in [-0.39, 0.29) is 18.4 Å². The number of carboxylic acid groups (broad SMARTS) is 1. The van der Waals surface area contributed by atoms with Gasteiger partial charge in [0.25, 0.3) is 0 Å². The third kappa shape index (κ3) is 3.42. The Labute approximate surface area is 87.9 Å². The Morgan fingerprint density at radius 3 is 2.47 bits per heavy atom. The van der Waals surface area contributed by atoms with E-state index in [1.165, 1.54) is 0 Å². The second kappa shape index (κ2) is 5.14. The minimum atomic E-state index is -1.04. The molecule has 4 heteroatoms. The van der Waals surface area contributed by atoms with Crippen LogP contribution in [0, 0.1) is 0 Å². The lowest BCUT2D eigenvalue weighted by Gasteiger charge is -2.10. The number of aliphatic carboxylic acids is 1. The van der Waals surface area contributed by atoms with E-state index >= 15 is 0 Å². The first-order valence-corrected chi connectivity index (χ1v) is 4.65. The van der Waals surface area contributed by atoms with E-state index in [0.717, 1.165) is 5.56 Å². The lowest BCUT2D eigenvalue weighted by atomic mass is 10.0. The van der Waals surface area contributed by atoms with Crippen LogP contribution in [0.1, 0.15) is 18.4 Å². The highest BCUT2D eigenvalue weighted by Gasteiger charge is 2.14. The molecule has 4 nitrogen and oxygen atoms in total. The van der Waals surface area contributed by atoms with Gasteiger partial charge in [-0.1, -0.05) is 30.3 Å². The molecule has 2 N–H and O–H groups in total. The zero-order valence-corrected chi connectivity index (χ0v) is 8.43. The molecule has 0 unspecified atom stereocenters. The molecule has 1 aromatic rings. The molecular formula is C11H13NO3. The highest BCUT2D eigenvalue weighted by Crippen LogP contribution is 2.13. The first kappa shape index (κ1) is 11.2. The minimum Gasteiger partial charge on any atom is -0.480 e. The highest BCUT2D eigenvalue weighted by atomic mass is 16.4. The number of amides is 1. The summed E-state index contributed by atoms with van der Waals surface area (Å²) < 4.78 is 0. The molecule has 0 radical (unpaired) electrons. The average molecular weight is 207 g/mol. The molecule has 0 saturated carbocycles. The van der Waals surface area contributed by atoms with E-state index < -0.39 is 5.97 Å². The van der Waals surface area contributed by atoms with Crippen LogP contribution in [-0.2, 0) is 9.59 Å². The van der Waals surface area contributed by atoms with E-state index in [0.29, 0.717) is 0 Å². The molecule has 0 bridgehead atoms. The standard InChI is InChI=1S/C11H13NO3/c1-8(9-5-3-2-4-6-9)11(15)12-7-10(13)14/h2-6,8H,7H2,1H3,(H,12,15)(H,13,14)/t8-/m1/s1. The van der Waals surface area contributed by atoms with Gasteiger partial charge in [-0.05, 0) is 12.5 Å². The van der Waals surface area contributed by atoms with Gasteiger partial charge in [0.15, 0.2) is 0 Å². The lowest BCUT2D eigenvalue weighted by Crippen LogP contribution is -2.32. The van der Waals surface area contributed by atoms with Crippen molar-refractivity contribution < 1.29 is 14.7 Å².